The molecule has 2 aromatic rings. The molecule has 0 radical (unpaired) electrons. The summed E-state index contributed by atoms with van der Waals surface area (Å²) in [6.07, 6.45) is 3.71. The van der Waals surface area contributed by atoms with Gasteiger partial charge >= 0.3 is 0 Å². The molecule has 0 unspecified atom stereocenters. The van der Waals surface area contributed by atoms with Gasteiger partial charge in [-0.1, -0.05) is 12.1 Å². The first-order valence-corrected chi connectivity index (χ1v) is 9.59. The van der Waals surface area contributed by atoms with Gasteiger partial charge in [0.1, 0.15) is 10.8 Å². The van der Waals surface area contributed by atoms with Gasteiger partial charge in [-0.2, -0.15) is 0 Å². The van der Waals surface area contributed by atoms with E-state index in [9.17, 15) is 14.0 Å². The number of nitrogens with zero attached hydrogens (tertiary/aromatic N) is 2. The average molecular weight is 375 g/mol. The van der Waals surface area contributed by atoms with Gasteiger partial charge in [-0.25, -0.2) is 9.37 Å². The molecule has 138 valence electrons. The van der Waals surface area contributed by atoms with E-state index in [4.69, 9.17) is 0 Å². The van der Waals surface area contributed by atoms with Crippen molar-refractivity contribution >= 4 is 23.2 Å². The van der Waals surface area contributed by atoms with Gasteiger partial charge in [0, 0.05) is 37.5 Å². The van der Waals surface area contributed by atoms with Crippen LogP contribution in [-0.2, 0) is 16.0 Å². The maximum atomic E-state index is 13.3. The van der Waals surface area contributed by atoms with Crippen LogP contribution < -0.4 is 5.32 Å². The zero-order chi connectivity index (χ0) is 18.5. The number of piperidine rings is 1. The quantitative estimate of drug-likeness (QED) is 0.874. The van der Waals surface area contributed by atoms with Gasteiger partial charge in [0.2, 0.25) is 11.8 Å². The predicted molar refractivity (Wildman–Crippen MR) is 98.1 cm³/mol. The lowest BCUT2D eigenvalue weighted by atomic mass is 9.90. The Bertz CT molecular complexity index is 766. The predicted octanol–water partition coefficient (Wildman–Crippen LogP) is 2.94. The minimum Gasteiger partial charge on any atom is -0.347 e. The molecule has 7 heteroatoms. The van der Waals surface area contributed by atoms with E-state index >= 15 is 0 Å². The Hall–Kier alpha value is -2.28. The van der Waals surface area contributed by atoms with Crippen molar-refractivity contribution in [3.8, 4) is 0 Å². The molecule has 1 aromatic carbocycles. The normalized spacial score (nSPS) is 18.4. The van der Waals surface area contributed by atoms with Crippen molar-refractivity contribution in [1.82, 2.24) is 15.2 Å². The number of carbonyl (C=O) groups is 2. The Morgan fingerprint density at radius 3 is 3.00 bits per heavy atom. The lowest BCUT2D eigenvalue weighted by Crippen LogP contribution is -2.45. The first-order chi connectivity index (χ1) is 12.5. The zero-order valence-electron chi connectivity index (χ0n) is 14.7. The Morgan fingerprint density at radius 1 is 1.46 bits per heavy atom. The molecule has 1 aromatic heterocycles. The summed E-state index contributed by atoms with van der Waals surface area (Å²) < 4.78 is 13.3. The highest BCUT2D eigenvalue weighted by Crippen LogP contribution is 2.31. The van der Waals surface area contributed by atoms with Crippen LogP contribution in [0.2, 0.25) is 0 Å². The van der Waals surface area contributed by atoms with E-state index in [1.54, 1.807) is 18.3 Å². The third-order valence-electron chi connectivity index (χ3n) is 4.60. The lowest BCUT2D eigenvalue weighted by Gasteiger charge is -2.36. The number of amides is 2. The van der Waals surface area contributed by atoms with Crippen molar-refractivity contribution in [1.29, 1.82) is 0 Å². The monoisotopic (exact) mass is 375 g/mol. The highest BCUT2D eigenvalue weighted by Gasteiger charge is 2.32. The smallest absolute Gasteiger partial charge is 0.227 e. The standard InChI is InChI=1S/C19H22FN3O2S/c1-13(24)22-18(19-21-7-9-26-19)15-5-3-8-23(12-15)17(25)11-14-4-2-6-16(20)10-14/h2,4,6-7,9-10,15,18H,3,5,8,11-12H2,1H3,(H,22,24)/t15-,18+/m1/s1. The molecule has 26 heavy (non-hydrogen) atoms. The molecule has 2 amide bonds. The number of hydrogen-bond donors (Lipinski definition) is 1. The fourth-order valence-electron chi connectivity index (χ4n) is 3.43. The average Bonchev–Trinajstić information content (AvgIpc) is 3.14. The number of aromatic nitrogens is 1. The number of halogens is 1. The maximum absolute atomic E-state index is 13.3. The Morgan fingerprint density at radius 2 is 2.31 bits per heavy atom. The molecule has 1 fully saturated rings. The fraction of sp³-hybridized carbons (Fsp3) is 0.421. The molecule has 1 aliphatic rings. The molecule has 0 saturated carbocycles. The minimum atomic E-state index is -0.332. The number of hydrogen-bond acceptors (Lipinski definition) is 4. The Kier molecular flexibility index (Phi) is 5.98. The second-order valence-electron chi connectivity index (χ2n) is 6.60. The molecule has 0 spiro atoms. The van der Waals surface area contributed by atoms with Crippen LogP contribution in [0.5, 0.6) is 0 Å². The van der Waals surface area contributed by atoms with E-state index in [0.717, 1.165) is 17.8 Å². The summed E-state index contributed by atoms with van der Waals surface area (Å²) in [5.41, 5.74) is 0.676. The van der Waals surface area contributed by atoms with E-state index in [-0.39, 0.29) is 36.0 Å². The van der Waals surface area contributed by atoms with Crippen LogP contribution in [-0.4, -0.2) is 34.8 Å². The Balaban J connectivity index is 1.69. The largest absolute Gasteiger partial charge is 0.347 e. The first kappa shape index (κ1) is 18.5. The molecule has 3 rings (SSSR count). The van der Waals surface area contributed by atoms with Crippen LogP contribution in [0, 0.1) is 11.7 Å². The van der Waals surface area contributed by atoms with Crippen molar-refractivity contribution in [3.05, 3.63) is 52.2 Å². The second kappa shape index (κ2) is 8.40. The summed E-state index contributed by atoms with van der Waals surface area (Å²) in [6.45, 7) is 2.75. The molecule has 0 aliphatic carbocycles. The molecule has 0 bridgehead atoms. The third-order valence-corrected chi connectivity index (χ3v) is 5.46. The van der Waals surface area contributed by atoms with Crippen molar-refractivity contribution < 1.29 is 14.0 Å². The van der Waals surface area contributed by atoms with Crippen molar-refractivity contribution in [3.63, 3.8) is 0 Å². The van der Waals surface area contributed by atoms with Crippen molar-refractivity contribution in [2.24, 2.45) is 5.92 Å². The summed E-state index contributed by atoms with van der Waals surface area (Å²) in [5.74, 6) is -0.328. The lowest BCUT2D eigenvalue weighted by molar-refractivity contribution is -0.132. The molecule has 1 saturated heterocycles. The first-order valence-electron chi connectivity index (χ1n) is 8.71. The van der Waals surface area contributed by atoms with Crippen LogP contribution in [0.1, 0.15) is 36.4 Å². The summed E-state index contributed by atoms with van der Waals surface area (Å²) in [4.78, 5) is 30.5. The molecule has 1 aliphatic heterocycles. The van der Waals surface area contributed by atoms with Gasteiger partial charge in [0.05, 0.1) is 12.5 Å². The highest BCUT2D eigenvalue weighted by molar-refractivity contribution is 7.09. The minimum absolute atomic E-state index is 0.0130. The van der Waals surface area contributed by atoms with Gasteiger partial charge in [-0.15, -0.1) is 11.3 Å². The van der Waals surface area contributed by atoms with Gasteiger partial charge in [0.25, 0.3) is 0 Å². The van der Waals surface area contributed by atoms with Gasteiger partial charge in [-0.05, 0) is 30.5 Å². The molecule has 1 N–H and O–H groups in total. The van der Waals surface area contributed by atoms with E-state index in [1.165, 1.54) is 30.4 Å². The van der Waals surface area contributed by atoms with Crippen molar-refractivity contribution in [2.45, 2.75) is 32.2 Å². The number of nitrogens with one attached hydrogen (secondary N) is 1. The van der Waals surface area contributed by atoms with E-state index < -0.39 is 0 Å². The van der Waals surface area contributed by atoms with Crippen molar-refractivity contribution in [2.75, 3.05) is 13.1 Å². The van der Waals surface area contributed by atoms with Crippen LogP contribution in [0.25, 0.3) is 0 Å². The van der Waals surface area contributed by atoms with E-state index in [0.29, 0.717) is 18.7 Å². The number of carbonyl (C=O) groups excluding carboxylic acids is 2. The van der Waals surface area contributed by atoms with Crippen LogP contribution >= 0.6 is 11.3 Å². The van der Waals surface area contributed by atoms with E-state index in [1.807, 2.05) is 10.3 Å². The molecule has 2 heterocycles. The van der Waals surface area contributed by atoms with Crippen LogP contribution in [0.3, 0.4) is 0 Å². The SMILES string of the molecule is CC(=O)N[C@H](c1nccs1)[C@@H]1CCCN(C(=O)Cc2cccc(F)c2)C1. The summed E-state index contributed by atoms with van der Waals surface area (Å²) in [6, 6.07) is 5.97. The van der Waals surface area contributed by atoms with Crippen LogP contribution in [0.4, 0.5) is 4.39 Å². The summed E-state index contributed by atoms with van der Waals surface area (Å²) in [5, 5.41) is 5.74. The number of likely N-dealkylation sites (tertiary alicyclic amines) is 1. The Labute approximate surface area is 156 Å². The molecule has 2 atom stereocenters. The highest BCUT2D eigenvalue weighted by atomic mass is 32.1. The number of benzene rings is 1. The van der Waals surface area contributed by atoms with Gasteiger partial charge < -0.3 is 10.2 Å². The summed E-state index contributed by atoms with van der Waals surface area (Å²) >= 11 is 1.51. The number of thiazole rings is 1. The van der Waals surface area contributed by atoms with Gasteiger partial charge in [0.15, 0.2) is 0 Å². The van der Waals surface area contributed by atoms with E-state index in [2.05, 4.69) is 10.3 Å². The summed E-state index contributed by atoms with van der Waals surface area (Å²) in [7, 11) is 0. The topological polar surface area (TPSA) is 62.3 Å². The number of rotatable bonds is 5. The second-order valence-corrected chi connectivity index (χ2v) is 7.52. The molecular weight excluding hydrogens is 353 g/mol. The zero-order valence-corrected chi connectivity index (χ0v) is 15.5. The molecule has 5 nitrogen and oxygen atoms in total. The fourth-order valence-corrected chi connectivity index (χ4v) is 4.21. The third kappa shape index (κ3) is 4.66. The van der Waals surface area contributed by atoms with Gasteiger partial charge in [-0.3, -0.25) is 9.59 Å². The molecular formula is C19H22FN3O2S. The van der Waals surface area contributed by atoms with Crippen LogP contribution in [0.15, 0.2) is 35.8 Å². The maximum Gasteiger partial charge on any atom is 0.227 e.